The molecule has 7 heteroatoms. The van der Waals surface area contributed by atoms with Gasteiger partial charge in [0.05, 0.1) is 6.04 Å². The van der Waals surface area contributed by atoms with Crippen molar-refractivity contribution in [1.82, 2.24) is 19.8 Å². The van der Waals surface area contributed by atoms with Crippen LogP contribution in [0.1, 0.15) is 92.6 Å². The van der Waals surface area contributed by atoms with Crippen LogP contribution in [0.4, 0.5) is 0 Å². The highest BCUT2D eigenvalue weighted by Gasteiger charge is 2.31. The third kappa shape index (κ3) is 6.30. The number of carbonyl (C=O) groups excluding carboxylic acids is 2. The fourth-order valence-electron chi connectivity index (χ4n) is 4.14. The molecule has 7 nitrogen and oxygen atoms in total. The molecular formula is C26H36N4O3. The van der Waals surface area contributed by atoms with E-state index in [4.69, 9.17) is 0 Å². The highest BCUT2D eigenvalue weighted by atomic mass is 16.2. The van der Waals surface area contributed by atoms with Gasteiger partial charge in [-0.3, -0.25) is 19.4 Å². The number of hydrogen-bond donors (Lipinski definition) is 1. The van der Waals surface area contributed by atoms with Crippen molar-refractivity contribution in [3.8, 4) is 0 Å². The van der Waals surface area contributed by atoms with E-state index in [1.807, 2.05) is 37.5 Å². The molecule has 1 saturated heterocycles. The number of hydrogen-bond acceptors (Lipinski definition) is 4. The summed E-state index contributed by atoms with van der Waals surface area (Å²) in [5.41, 5.74) is 0.0147. The molecule has 0 radical (unpaired) electrons. The van der Waals surface area contributed by atoms with Gasteiger partial charge in [0.1, 0.15) is 11.1 Å². The molecule has 33 heavy (non-hydrogen) atoms. The Hall–Kier alpha value is -2.96. The lowest BCUT2D eigenvalue weighted by Gasteiger charge is -2.36. The van der Waals surface area contributed by atoms with E-state index in [1.165, 1.54) is 0 Å². The van der Waals surface area contributed by atoms with Crippen molar-refractivity contribution < 1.29 is 9.59 Å². The van der Waals surface area contributed by atoms with Crippen LogP contribution in [0.25, 0.3) is 0 Å². The Morgan fingerprint density at radius 2 is 1.91 bits per heavy atom. The SMILES string of the molecule is CC(C)CCn1cc(C(=O)NC(C)(C)C)c(=O)c(C(=O)N2CCCC[C@@H]2c2cccnc2)c1. The van der Waals surface area contributed by atoms with Gasteiger partial charge in [0.2, 0.25) is 5.43 Å². The minimum atomic E-state index is -0.516. The zero-order chi connectivity index (χ0) is 24.2. The molecule has 1 fully saturated rings. The summed E-state index contributed by atoms with van der Waals surface area (Å²) in [6.45, 7) is 11.0. The normalized spacial score (nSPS) is 16.7. The van der Waals surface area contributed by atoms with E-state index >= 15 is 0 Å². The zero-order valence-electron chi connectivity index (χ0n) is 20.4. The fraction of sp³-hybridized carbons (Fsp3) is 0.538. The molecule has 0 spiro atoms. The van der Waals surface area contributed by atoms with Crippen LogP contribution < -0.4 is 10.7 Å². The van der Waals surface area contributed by atoms with Gasteiger partial charge in [-0.25, -0.2) is 0 Å². The quantitative estimate of drug-likeness (QED) is 0.712. The van der Waals surface area contributed by atoms with E-state index in [0.29, 0.717) is 19.0 Å². The van der Waals surface area contributed by atoms with E-state index in [-0.39, 0.29) is 23.1 Å². The maximum atomic E-state index is 13.7. The van der Waals surface area contributed by atoms with Crippen LogP contribution in [0.2, 0.25) is 0 Å². The second kappa shape index (κ2) is 10.3. The van der Waals surface area contributed by atoms with E-state index in [9.17, 15) is 14.4 Å². The Labute approximate surface area is 196 Å². The van der Waals surface area contributed by atoms with Gasteiger partial charge in [-0.15, -0.1) is 0 Å². The number of nitrogens with one attached hydrogen (secondary N) is 1. The molecule has 2 amide bonds. The molecule has 0 saturated carbocycles. The Balaban J connectivity index is 2.02. The van der Waals surface area contributed by atoms with Crippen LogP contribution >= 0.6 is 0 Å². The number of aromatic nitrogens is 2. The van der Waals surface area contributed by atoms with Crippen molar-refractivity contribution in [2.75, 3.05) is 6.54 Å². The molecule has 3 heterocycles. The number of amides is 2. The molecule has 0 aliphatic carbocycles. The number of nitrogens with zero attached hydrogens (tertiary/aromatic N) is 3. The first-order valence-corrected chi connectivity index (χ1v) is 11.8. The number of rotatable bonds is 6. The van der Waals surface area contributed by atoms with Gasteiger partial charge >= 0.3 is 0 Å². The Bertz CT molecular complexity index is 1040. The molecule has 0 bridgehead atoms. The van der Waals surface area contributed by atoms with E-state index in [0.717, 1.165) is 31.2 Å². The van der Waals surface area contributed by atoms with Crippen molar-refractivity contribution in [2.45, 2.75) is 78.4 Å². The molecule has 0 unspecified atom stereocenters. The lowest BCUT2D eigenvalue weighted by atomic mass is 9.95. The van der Waals surface area contributed by atoms with E-state index in [1.54, 1.807) is 29.7 Å². The van der Waals surface area contributed by atoms with Crippen molar-refractivity contribution in [1.29, 1.82) is 0 Å². The number of likely N-dealkylation sites (tertiary alicyclic amines) is 1. The summed E-state index contributed by atoms with van der Waals surface area (Å²) >= 11 is 0. The van der Waals surface area contributed by atoms with Crippen molar-refractivity contribution in [2.24, 2.45) is 5.92 Å². The molecule has 1 N–H and O–H groups in total. The van der Waals surface area contributed by atoms with Crippen LogP contribution in [-0.2, 0) is 6.54 Å². The van der Waals surface area contributed by atoms with Gasteiger partial charge in [0.25, 0.3) is 11.8 Å². The predicted molar refractivity (Wildman–Crippen MR) is 129 cm³/mol. The molecule has 2 aromatic rings. The maximum Gasteiger partial charge on any atom is 0.259 e. The lowest BCUT2D eigenvalue weighted by Crippen LogP contribution is -2.45. The van der Waals surface area contributed by atoms with Crippen LogP contribution in [0.15, 0.2) is 41.7 Å². The average molecular weight is 453 g/mol. The highest BCUT2D eigenvalue weighted by molar-refractivity contribution is 5.99. The van der Waals surface area contributed by atoms with Crippen LogP contribution in [0, 0.1) is 5.92 Å². The van der Waals surface area contributed by atoms with Gasteiger partial charge < -0.3 is 14.8 Å². The van der Waals surface area contributed by atoms with Crippen molar-refractivity contribution >= 4 is 11.8 Å². The Kier molecular flexibility index (Phi) is 7.72. The van der Waals surface area contributed by atoms with Crippen molar-refractivity contribution in [3.05, 3.63) is 63.8 Å². The first kappa shape index (κ1) is 24.7. The Morgan fingerprint density at radius 1 is 1.18 bits per heavy atom. The fourth-order valence-corrected chi connectivity index (χ4v) is 4.14. The molecule has 178 valence electrons. The second-order valence-corrected chi connectivity index (χ2v) is 10.3. The molecule has 1 aliphatic rings. The van der Waals surface area contributed by atoms with Gasteiger partial charge in [0, 0.05) is 43.4 Å². The summed E-state index contributed by atoms with van der Waals surface area (Å²) in [6, 6.07) is 3.70. The summed E-state index contributed by atoms with van der Waals surface area (Å²) in [5.74, 6) is -0.326. The summed E-state index contributed by atoms with van der Waals surface area (Å²) in [5, 5.41) is 2.86. The molecule has 1 atom stereocenters. The maximum absolute atomic E-state index is 13.7. The smallest absolute Gasteiger partial charge is 0.259 e. The van der Waals surface area contributed by atoms with Gasteiger partial charge in [0.15, 0.2) is 0 Å². The third-order valence-electron chi connectivity index (χ3n) is 5.84. The largest absolute Gasteiger partial charge is 0.352 e. The first-order chi connectivity index (χ1) is 15.6. The summed E-state index contributed by atoms with van der Waals surface area (Å²) in [6.07, 6.45) is 10.3. The number of piperidine rings is 1. The molecule has 1 aliphatic heterocycles. The predicted octanol–water partition coefficient (Wildman–Crippen LogP) is 4.19. The number of pyridine rings is 2. The molecule has 0 aromatic carbocycles. The van der Waals surface area contributed by atoms with Crippen LogP contribution in [0.5, 0.6) is 0 Å². The van der Waals surface area contributed by atoms with Gasteiger partial charge in [-0.05, 0) is 64.0 Å². The van der Waals surface area contributed by atoms with E-state index < -0.39 is 16.9 Å². The summed E-state index contributed by atoms with van der Waals surface area (Å²) in [7, 11) is 0. The van der Waals surface area contributed by atoms with E-state index in [2.05, 4.69) is 24.1 Å². The second-order valence-electron chi connectivity index (χ2n) is 10.3. The molecule has 3 rings (SSSR count). The lowest BCUT2D eigenvalue weighted by molar-refractivity contribution is 0.0609. The van der Waals surface area contributed by atoms with Gasteiger partial charge in [-0.1, -0.05) is 19.9 Å². The van der Waals surface area contributed by atoms with Crippen LogP contribution in [-0.4, -0.2) is 38.3 Å². The minimum absolute atomic E-state index is 0.00877. The third-order valence-corrected chi connectivity index (χ3v) is 5.84. The average Bonchev–Trinajstić information content (AvgIpc) is 2.77. The van der Waals surface area contributed by atoms with Gasteiger partial charge in [-0.2, -0.15) is 0 Å². The standard InChI is InChI=1S/C26H36N4O3/c1-18(2)11-14-29-16-20(24(32)28-26(3,4)5)23(31)21(17-29)25(33)30-13-7-6-10-22(30)19-9-8-12-27-15-19/h8-9,12,15-18,22H,6-7,10-11,13-14H2,1-5H3,(H,28,32)/t22-/m1/s1. The Morgan fingerprint density at radius 3 is 2.55 bits per heavy atom. The first-order valence-electron chi connectivity index (χ1n) is 11.8. The summed E-state index contributed by atoms with van der Waals surface area (Å²) in [4.78, 5) is 46.0. The van der Waals surface area contributed by atoms with Crippen LogP contribution in [0.3, 0.4) is 0 Å². The monoisotopic (exact) mass is 452 g/mol. The number of aryl methyl sites for hydroxylation is 1. The number of carbonyl (C=O) groups is 2. The highest BCUT2D eigenvalue weighted by Crippen LogP contribution is 2.31. The molecule has 2 aromatic heterocycles. The van der Waals surface area contributed by atoms with Crippen molar-refractivity contribution in [3.63, 3.8) is 0 Å². The zero-order valence-corrected chi connectivity index (χ0v) is 20.4. The topological polar surface area (TPSA) is 84.3 Å². The molecular weight excluding hydrogens is 416 g/mol. The minimum Gasteiger partial charge on any atom is -0.352 e. The summed E-state index contributed by atoms with van der Waals surface area (Å²) < 4.78 is 1.81.